The van der Waals surface area contributed by atoms with E-state index in [1.54, 1.807) is 0 Å². The Bertz CT molecular complexity index is 632. The maximum Gasteiger partial charge on any atom is 0.246 e. The number of halogens is 1. The van der Waals surface area contributed by atoms with E-state index in [2.05, 4.69) is 15.4 Å². The normalized spacial score (nSPS) is 17.6. The summed E-state index contributed by atoms with van der Waals surface area (Å²) in [5.41, 5.74) is 6.65. The number of hydrogen-bond acceptors (Lipinski definition) is 5. The number of benzene rings is 1. The molecule has 1 aromatic carbocycles. The van der Waals surface area contributed by atoms with Crippen LogP contribution < -0.4 is 5.73 Å². The second kappa shape index (κ2) is 8.03. The van der Waals surface area contributed by atoms with Crippen molar-refractivity contribution in [2.24, 2.45) is 5.73 Å². The Hall–Kier alpha value is -1.99. The Kier molecular flexibility index (Phi) is 6.06. The van der Waals surface area contributed by atoms with Gasteiger partial charge in [0.2, 0.25) is 11.7 Å². The van der Waals surface area contributed by atoms with Crippen molar-refractivity contribution in [3.05, 3.63) is 30.3 Å². The lowest BCUT2D eigenvalue weighted by molar-refractivity contribution is -0.135. The highest BCUT2D eigenvalue weighted by Gasteiger charge is 2.26. The van der Waals surface area contributed by atoms with E-state index in [9.17, 15) is 4.79 Å². The van der Waals surface area contributed by atoms with Crippen LogP contribution in [0.5, 0.6) is 0 Å². The van der Waals surface area contributed by atoms with Gasteiger partial charge in [0, 0.05) is 24.7 Å². The Labute approximate surface area is 141 Å². The van der Waals surface area contributed by atoms with E-state index in [1.807, 2.05) is 35.2 Å². The maximum absolute atomic E-state index is 12.4. The van der Waals surface area contributed by atoms with Gasteiger partial charge in [0.1, 0.15) is 6.54 Å². The van der Waals surface area contributed by atoms with E-state index >= 15 is 0 Å². The second-order valence-corrected chi connectivity index (χ2v) is 5.48. The number of piperidine rings is 1. The van der Waals surface area contributed by atoms with Crippen molar-refractivity contribution < 1.29 is 4.79 Å². The number of likely N-dealkylation sites (tertiary alicyclic amines) is 1. The first-order chi connectivity index (χ1) is 10.8. The van der Waals surface area contributed by atoms with Gasteiger partial charge in [-0.1, -0.05) is 30.3 Å². The van der Waals surface area contributed by atoms with Gasteiger partial charge in [0.05, 0.1) is 0 Å². The Morgan fingerprint density at radius 2 is 2.04 bits per heavy atom. The van der Waals surface area contributed by atoms with E-state index in [0.717, 1.165) is 31.4 Å². The molecule has 1 aromatic heterocycles. The molecule has 124 valence electrons. The van der Waals surface area contributed by atoms with Crippen LogP contribution in [0.15, 0.2) is 30.3 Å². The summed E-state index contributed by atoms with van der Waals surface area (Å²) in [6, 6.07) is 9.73. The number of nitrogens with zero attached hydrogens (tertiary/aromatic N) is 5. The summed E-state index contributed by atoms with van der Waals surface area (Å²) >= 11 is 0. The molecule has 7 nitrogen and oxygen atoms in total. The molecule has 1 unspecified atom stereocenters. The maximum atomic E-state index is 12.4. The monoisotopic (exact) mass is 336 g/mol. The smallest absolute Gasteiger partial charge is 0.246 e. The second-order valence-electron chi connectivity index (χ2n) is 5.48. The lowest BCUT2D eigenvalue weighted by atomic mass is 10.0. The summed E-state index contributed by atoms with van der Waals surface area (Å²) in [7, 11) is 0. The molecule has 1 atom stereocenters. The molecule has 23 heavy (non-hydrogen) atoms. The molecule has 2 N–H and O–H groups in total. The number of amides is 1. The minimum Gasteiger partial charge on any atom is -0.337 e. The number of rotatable bonds is 4. The Morgan fingerprint density at radius 1 is 1.26 bits per heavy atom. The molecule has 0 radical (unpaired) electrons. The van der Waals surface area contributed by atoms with Crippen LogP contribution in [0.2, 0.25) is 0 Å². The Morgan fingerprint density at radius 3 is 2.78 bits per heavy atom. The van der Waals surface area contributed by atoms with Gasteiger partial charge in [0.25, 0.3) is 0 Å². The van der Waals surface area contributed by atoms with Crippen LogP contribution in [0.3, 0.4) is 0 Å². The van der Waals surface area contributed by atoms with Crippen molar-refractivity contribution in [2.75, 3.05) is 13.1 Å². The fourth-order valence-electron chi connectivity index (χ4n) is 2.80. The topological polar surface area (TPSA) is 89.9 Å². The molecule has 2 heterocycles. The van der Waals surface area contributed by atoms with Gasteiger partial charge in [-0.15, -0.1) is 22.6 Å². The number of hydrogen-bond donors (Lipinski definition) is 1. The lowest BCUT2D eigenvalue weighted by Crippen LogP contribution is -2.48. The highest BCUT2D eigenvalue weighted by atomic mass is 35.5. The third-order valence-corrected chi connectivity index (χ3v) is 3.98. The SMILES string of the molecule is Cl.NCC1CCCCN1C(=O)Cn1nnc(-c2ccccc2)n1. The van der Waals surface area contributed by atoms with Gasteiger partial charge >= 0.3 is 0 Å². The fraction of sp³-hybridized carbons (Fsp3) is 0.467. The van der Waals surface area contributed by atoms with Crippen molar-refractivity contribution in [3.8, 4) is 11.4 Å². The number of tetrazole rings is 1. The van der Waals surface area contributed by atoms with Crippen LogP contribution in [0.25, 0.3) is 11.4 Å². The molecule has 1 amide bonds. The van der Waals surface area contributed by atoms with Crippen molar-refractivity contribution >= 4 is 18.3 Å². The zero-order valence-electron chi connectivity index (χ0n) is 12.8. The van der Waals surface area contributed by atoms with Gasteiger partial charge in [-0.2, -0.15) is 4.80 Å². The third kappa shape index (κ3) is 4.05. The predicted octanol–water partition coefficient (Wildman–Crippen LogP) is 1.10. The van der Waals surface area contributed by atoms with E-state index in [-0.39, 0.29) is 30.9 Å². The summed E-state index contributed by atoms with van der Waals surface area (Å²) in [5.74, 6) is 0.537. The van der Waals surface area contributed by atoms with E-state index < -0.39 is 0 Å². The van der Waals surface area contributed by atoms with Gasteiger partial charge in [0.15, 0.2) is 0 Å². The number of aromatic nitrogens is 4. The van der Waals surface area contributed by atoms with Gasteiger partial charge in [-0.25, -0.2) is 0 Å². The number of carbonyl (C=O) groups excluding carboxylic acids is 1. The number of nitrogens with two attached hydrogens (primary N) is 1. The van der Waals surface area contributed by atoms with E-state index in [1.165, 1.54) is 4.80 Å². The highest BCUT2D eigenvalue weighted by molar-refractivity contribution is 5.85. The molecule has 0 bridgehead atoms. The van der Waals surface area contributed by atoms with Crippen LogP contribution in [0, 0.1) is 0 Å². The summed E-state index contributed by atoms with van der Waals surface area (Å²) < 4.78 is 0. The summed E-state index contributed by atoms with van der Waals surface area (Å²) in [6.07, 6.45) is 3.13. The Balaban J connectivity index is 0.00000192. The summed E-state index contributed by atoms with van der Waals surface area (Å²) in [4.78, 5) is 15.6. The largest absolute Gasteiger partial charge is 0.337 e. The standard InChI is InChI=1S/C15H20N6O.ClH/c16-10-13-8-4-5-9-20(13)14(22)11-21-18-15(17-19-21)12-6-2-1-3-7-12;/h1-3,6-7,13H,4-5,8-11,16H2;1H. The molecule has 1 aliphatic rings. The molecule has 8 heteroatoms. The first-order valence-electron chi connectivity index (χ1n) is 7.60. The minimum atomic E-state index is 0. The fourth-order valence-corrected chi connectivity index (χ4v) is 2.80. The first-order valence-corrected chi connectivity index (χ1v) is 7.60. The van der Waals surface area contributed by atoms with Crippen molar-refractivity contribution in [1.29, 1.82) is 0 Å². The third-order valence-electron chi connectivity index (χ3n) is 3.98. The van der Waals surface area contributed by atoms with Gasteiger partial charge in [-0.05, 0) is 24.5 Å². The zero-order valence-corrected chi connectivity index (χ0v) is 13.7. The van der Waals surface area contributed by atoms with E-state index in [4.69, 9.17) is 5.73 Å². The zero-order chi connectivity index (χ0) is 15.4. The minimum absolute atomic E-state index is 0. The highest BCUT2D eigenvalue weighted by Crippen LogP contribution is 2.17. The molecule has 3 rings (SSSR count). The van der Waals surface area contributed by atoms with Crippen molar-refractivity contribution in [3.63, 3.8) is 0 Å². The predicted molar refractivity (Wildman–Crippen MR) is 88.9 cm³/mol. The molecule has 0 aliphatic carbocycles. The molecular weight excluding hydrogens is 316 g/mol. The molecular formula is C15H21ClN6O. The first kappa shape index (κ1) is 17.4. The molecule has 1 saturated heterocycles. The summed E-state index contributed by atoms with van der Waals surface area (Å²) in [6.45, 7) is 1.38. The lowest BCUT2D eigenvalue weighted by Gasteiger charge is -2.34. The average molecular weight is 337 g/mol. The van der Waals surface area contributed by atoms with E-state index in [0.29, 0.717) is 12.4 Å². The molecule has 2 aromatic rings. The van der Waals surface area contributed by atoms with Crippen LogP contribution in [-0.2, 0) is 11.3 Å². The van der Waals surface area contributed by atoms with Crippen molar-refractivity contribution in [1.82, 2.24) is 25.1 Å². The van der Waals surface area contributed by atoms with Crippen molar-refractivity contribution in [2.45, 2.75) is 31.8 Å². The molecule has 0 saturated carbocycles. The number of carbonyl (C=O) groups is 1. The molecule has 1 fully saturated rings. The van der Waals surface area contributed by atoms with Crippen LogP contribution >= 0.6 is 12.4 Å². The summed E-state index contributed by atoms with van der Waals surface area (Å²) in [5, 5.41) is 12.3. The van der Waals surface area contributed by atoms with Gasteiger partial charge < -0.3 is 10.6 Å². The quantitative estimate of drug-likeness (QED) is 0.903. The van der Waals surface area contributed by atoms with Gasteiger partial charge in [-0.3, -0.25) is 4.79 Å². The van der Waals surface area contributed by atoms with Crippen LogP contribution in [0.1, 0.15) is 19.3 Å². The average Bonchev–Trinajstić information content (AvgIpc) is 3.04. The molecule has 0 spiro atoms. The molecule has 1 aliphatic heterocycles. The van der Waals surface area contributed by atoms with Crippen LogP contribution in [0.4, 0.5) is 0 Å². The van der Waals surface area contributed by atoms with Crippen LogP contribution in [-0.4, -0.2) is 50.1 Å².